The number of halogens is 3. The standard InChI is InChI=1S/C15H19F3N4O/c1-9-12(10(2)23-21-9)6-19-5-11-3-4-14-20-13(15(16,17)18)8-22(14)7-11/h8,11,19H,3-7H2,1-2H3. The lowest BCUT2D eigenvalue weighted by Gasteiger charge is -2.23. The Hall–Kier alpha value is -1.83. The largest absolute Gasteiger partial charge is 0.434 e. The average molecular weight is 328 g/mol. The first-order chi connectivity index (χ1) is 10.8. The van der Waals surface area contributed by atoms with Gasteiger partial charge in [-0.3, -0.25) is 0 Å². The molecule has 0 aromatic carbocycles. The summed E-state index contributed by atoms with van der Waals surface area (Å²) in [5.41, 5.74) is 1.12. The van der Waals surface area contributed by atoms with Crippen molar-refractivity contribution in [3.05, 3.63) is 34.7 Å². The molecule has 126 valence electrons. The van der Waals surface area contributed by atoms with Crippen molar-refractivity contribution in [2.45, 2.75) is 46.0 Å². The Morgan fingerprint density at radius 2 is 2.17 bits per heavy atom. The predicted molar refractivity (Wildman–Crippen MR) is 76.7 cm³/mol. The molecule has 1 atom stereocenters. The monoisotopic (exact) mass is 328 g/mol. The van der Waals surface area contributed by atoms with Gasteiger partial charge in [-0.1, -0.05) is 5.16 Å². The first kappa shape index (κ1) is 16.0. The first-order valence-electron chi connectivity index (χ1n) is 7.60. The highest BCUT2D eigenvalue weighted by atomic mass is 19.4. The van der Waals surface area contributed by atoms with Crippen molar-refractivity contribution >= 4 is 0 Å². The zero-order valence-corrected chi connectivity index (χ0v) is 13.1. The molecule has 23 heavy (non-hydrogen) atoms. The number of rotatable bonds is 4. The lowest BCUT2D eigenvalue weighted by molar-refractivity contribution is -0.141. The molecular formula is C15H19F3N4O. The van der Waals surface area contributed by atoms with Gasteiger partial charge in [0, 0.05) is 31.3 Å². The van der Waals surface area contributed by atoms with Crippen molar-refractivity contribution in [3.8, 4) is 0 Å². The van der Waals surface area contributed by atoms with Gasteiger partial charge in [0.25, 0.3) is 0 Å². The molecule has 0 aliphatic carbocycles. The van der Waals surface area contributed by atoms with Gasteiger partial charge in [0.2, 0.25) is 0 Å². The summed E-state index contributed by atoms with van der Waals surface area (Å²) in [5, 5.41) is 7.25. The maximum atomic E-state index is 12.7. The van der Waals surface area contributed by atoms with Crippen LogP contribution in [0.1, 0.15) is 35.0 Å². The summed E-state index contributed by atoms with van der Waals surface area (Å²) < 4.78 is 44.9. The molecule has 0 spiro atoms. The summed E-state index contributed by atoms with van der Waals surface area (Å²) in [7, 11) is 0. The van der Waals surface area contributed by atoms with Crippen LogP contribution < -0.4 is 5.32 Å². The highest BCUT2D eigenvalue weighted by molar-refractivity contribution is 5.20. The number of hydrogen-bond acceptors (Lipinski definition) is 4. The average Bonchev–Trinajstić information content (AvgIpc) is 3.04. The number of alkyl halides is 3. The summed E-state index contributed by atoms with van der Waals surface area (Å²) in [6, 6.07) is 0. The summed E-state index contributed by atoms with van der Waals surface area (Å²) >= 11 is 0. The lowest BCUT2D eigenvalue weighted by Crippen LogP contribution is -2.29. The Labute approximate surface area is 131 Å². The van der Waals surface area contributed by atoms with Crippen molar-refractivity contribution in [1.29, 1.82) is 0 Å². The SMILES string of the molecule is Cc1noc(C)c1CNCC1CCc2nc(C(F)(F)F)cn2C1. The van der Waals surface area contributed by atoms with E-state index < -0.39 is 11.9 Å². The van der Waals surface area contributed by atoms with E-state index in [1.807, 2.05) is 13.8 Å². The summed E-state index contributed by atoms with van der Waals surface area (Å²) in [6.07, 6.45) is -1.84. The third-order valence-electron chi connectivity index (χ3n) is 4.30. The lowest BCUT2D eigenvalue weighted by atomic mass is 9.99. The fourth-order valence-electron chi connectivity index (χ4n) is 2.97. The van der Waals surface area contributed by atoms with Crippen LogP contribution in [0.4, 0.5) is 13.2 Å². The molecule has 0 saturated carbocycles. The number of imidazole rings is 1. The van der Waals surface area contributed by atoms with Crippen LogP contribution >= 0.6 is 0 Å². The number of nitrogens with one attached hydrogen (secondary N) is 1. The van der Waals surface area contributed by atoms with E-state index in [-0.39, 0.29) is 0 Å². The van der Waals surface area contributed by atoms with Gasteiger partial charge in [-0.15, -0.1) is 0 Å². The Bertz CT molecular complexity index is 670. The smallest absolute Gasteiger partial charge is 0.361 e. The molecule has 5 nitrogen and oxygen atoms in total. The van der Waals surface area contributed by atoms with Gasteiger partial charge in [0.05, 0.1) is 5.69 Å². The van der Waals surface area contributed by atoms with Crippen molar-refractivity contribution in [1.82, 2.24) is 20.0 Å². The fraction of sp³-hybridized carbons (Fsp3) is 0.600. The minimum absolute atomic E-state index is 0.290. The van der Waals surface area contributed by atoms with E-state index in [2.05, 4.69) is 15.5 Å². The molecule has 1 aliphatic rings. The van der Waals surface area contributed by atoms with Gasteiger partial charge in [-0.05, 0) is 32.7 Å². The fourth-order valence-corrected chi connectivity index (χ4v) is 2.97. The van der Waals surface area contributed by atoms with E-state index in [1.165, 1.54) is 0 Å². The van der Waals surface area contributed by atoms with Crippen molar-refractivity contribution < 1.29 is 17.7 Å². The van der Waals surface area contributed by atoms with Gasteiger partial charge in [-0.2, -0.15) is 13.2 Å². The van der Waals surface area contributed by atoms with Gasteiger partial charge >= 0.3 is 6.18 Å². The van der Waals surface area contributed by atoms with Crippen LogP contribution in [0.3, 0.4) is 0 Å². The Balaban J connectivity index is 1.57. The minimum atomic E-state index is -4.37. The second-order valence-corrected chi connectivity index (χ2v) is 6.03. The molecule has 3 rings (SSSR count). The second kappa shape index (κ2) is 5.99. The Morgan fingerprint density at radius 3 is 2.83 bits per heavy atom. The second-order valence-electron chi connectivity index (χ2n) is 6.03. The van der Waals surface area contributed by atoms with E-state index >= 15 is 0 Å². The Kier molecular flexibility index (Phi) is 4.18. The maximum Gasteiger partial charge on any atom is 0.434 e. The third-order valence-corrected chi connectivity index (χ3v) is 4.30. The van der Waals surface area contributed by atoms with Crippen LogP contribution in [0.2, 0.25) is 0 Å². The van der Waals surface area contributed by atoms with Crippen LogP contribution in [-0.4, -0.2) is 21.3 Å². The molecule has 2 aromatic rings. The molecule has 0 bridgehead atoms. The van der Waals surface area contributed by atoms with Crippen LogP contribution in [0.25, 0.3) is 0 Å². The van der Waals surface area contributed by atoms with Gasteiger partial charge in [0.1, 0.15) is 11.6 Å². The van der Waals surface area contributed by atoms with E-state index in [1.54, 1.807) is 4.57 Å². The molecular weight excluding hydrogens is 309 g/mol. The van der Waals surface area contributed by atoms with Gasteiger partial charge < -0.3 is 14.4 Å². The van der Waals surface area contributed by atoms with E-state index in [0.717, 1.165) is 36.2 Å². The van der Waals surface area contributed by atoms with E-state index in [0.29, 0.717) is 31.3 Å². The zero-order chi connectivity index (χ0) is 16.6. The van der Waals surface area contributed by atoms with E-state index in [4.69, 9.17) is 4.52 Å². The molecule has 2 aromatic heterocycles. The number of aromatic nitrogens is 3. The van der Waals surface area contributed by atoms with Crippen LogP contribution in [0.15, 0.2) is 10.7 Å². The molecule has 0 fully saturated rings. The molecule has 1 unspecified atom stereocenters. The van der Waals surface area contributed by atoms with Gasteiger partial charge in [-0.25, -0.2) is 4.98 Å². The quantitative estimate of drug-likeness (QED) is 0.938. The normalized spacial score (nSPS) is 18.2. The summed E-state index contributed by atoms with van der Waals surface area (Å²) in [4.78, 5) is 3.70. The number of aryl methyl sites for hydroxylation is 3. The number of hydrogen-bond donors (Lipinski definition) is 1. The molecule has 0 amide bonds. The third kappa shape index (κ3) is 3.41. The highest BCUT2D eigenvalue weighted by Gasteiger charge is 2.35. The van der Waals surface area contributed by atoms with Crippen molar-refractivity contribution in [3.63, 3.8) is 0 Å². The highest BCUT2D eigenvalue weighted by Crippen LogP contribution is 2.30. The zero-order valence-electron chi connectivity index (χ0n) is 13.1. The maximum absolute atomic E-state index is 12.7. The molecule has 0 radical (unpaired) electrons. The van der Waals surface area contributed by atoms with Crippen LogP contribution in [-0.2, 0) is 25.7 Å². The van der Waals surface area contributed by atoms with E-state index in [9.17, 15) is 13.2 Å². The predicted octanol–water partition coefficient (Wildman–Crippen LogP) is 2.86. The first-order valence-corrected chi connectivity index (χ1v) is 7.60. The van der Waals surface area contributed by atoms with Crippen molar-refractivity contribution in [2.24, 2.45) is 5.92 Å². The number of nitrogens with zero attached hydrogens (tertiary/aromatic N) is 3. The summed E-state index contributed by atoms with van der Waals surface area (Å²) in [5.74, 6) is 1.61. The van der Waals surface area contributed by atoms with Crippen LogP contribution in [0.5, 0.6) is 0 Å². The molecule has 0 saturated heterocycles. The molecule has 3 heterocycles. The van der Waals surface area contributed by atoms with Crippen LogP contribution in [0, 0.1) is 19.8 Å². The van der Waals surface area contributed by atoms with Crippen molar-refractivity contribution in [2.75, 3.05) is 6.54 Å². The molecule has 1 aliphatic heterocycles. The molecule has 8 heteroatoms. The Morgan fingerprint density at radius 1 is 1.39 bits per heavy atom. The number of fused-ring (bicyclic) bond motifs is 1. The topological polar surface area (TPSA) is 55.9 Å². The van der Waals surface area contributed by atoms with Gasteiger partial charge in [0.15, 0.2) is 5.69 Å². The summed E-state index contributed by atoms with van der Waals surface area (Å²) in [6.45, 7) is 5.72. The minimum Gasteiger partial charge on any atom is -0.361 e. The molecule has 1 N–H and O–H groups in total.